The first-order valence-corrected chi connectivity index (χ1v) is 6.08. The van der Waals surface area contributed by atoms with E-state index in [1.54, 1.807) is 23.8 Å². The van der Waals surface area contributed by atoms with Crippen LogP contribution in [0.5, 0.6) is 0 Å². The third-order valence-electron chi connectivity index (χ3n) is 2.57. The predicted molar refractivity (Wildman–Crippen MR) is 71.3 cm³/mol. The van der Waals surface area contributed by atoms with Gasteiger partial charge in [-0.05, 0) is 26.0 Å². The van der Waals surface area contributed by atoms with Crippen molar-refractivity contribution < 1.29 is 0 Å². The summed E-state index contributed by atoms with van der Waals surface area (Å²) in [7, 11) is 0. The molecule has 2 rings (SSSR count). The molecule has 0 atom stereocenters. The second kappa shape index (κ2) is 5.08. The summed E-state index contributed by atoms with van der Waals surface area (Å²) in [4.78, 5) is 19.7. The van der Waals surface area contributed by atoms with Gasteiger partial charge in [-0.2, -0.15) is 4.98 Å². The Bertz CT molecular complexity index is 652. The van der Waals surface area contributed by atoms with Crippen LogP contribution in [0.4, 0.5) is 0 Å². The Hall–Kier alpha value is -1.39. The van der Waals surface area contributed by atoms with E-state index in [-0.39, 0.29) is 5.69 Å². The highest BCUT2D eigenvalue weighted by Crippen LogP contribution is 2.19. The number of rotatable bonds is 2. The van der Waals surface area contributed by atoms with Gasteiger partial charge in [0.1, 0.15) is 5.15 Å². The molecule has 94 valence electrons. The zero-order valence-electron chi connectivity index (χ0n) is 9.94. The molecule has 18 heavy (non-hydrogen) atoms. The molecular formula is C12H11Cl2N3O. The number of aromatic nitrogens is 3. The molecule has 0 aliphatic heterocycles. The third kappa shape index (κ3) is 2.71. The fraction of sp³-hybridized carbons (Fsp3) is 0.250. The fourth-order valence-corrected chi connectivity index (χ4v) is 2.12. The van der Waals surface area contributed by atoms with Crippen LogP contribution < -0.4 is 5.69 Å². The van der Waals surface area contributed by atoms with Gasteiger partial charge in [0, 0.05) is 23.1 Å². The average molecular weight is 284 g/mol. The molecular weight excluding hydrogens is 273 g/mol. The highest BCUT2D eigenvalue weighted by atomic mass is 35.5. The van der Waals surface area contributed by atoms with Crippen LogP contribution in [0.1, 0.15) is 17.0 Å². The van der Waals surface area contributed by atoms with E-state index in [0.717, 1.165) is 11.3 Å². The largest absolute Gasteiger partial charge is 0.348 e. The minimum Gasteiger partial charge on any atom is -0.292 e. The highest BCUT2D eigenvalue weighted by molar-refractivity contribution is 6.34. The van der Waals surface area contributed by atoms with E-state index in [4.69, 9.17) is 23.2 Å². The Balaban J connectivity index is 2.43. The Labute approximate surface area is 114 Å². The lowest BCUT2D eigenvalue weighted by Gasteiger charge is -2.10. The maximum atomic E-state index is 11.8. The summed E-state index contributed by atoms with van der Waals surface area (Å²) in [6.45, 7) is 3.98. The van der Waals surface area contributed by atoms with Gasteiger partial charge in [0.05, 0.1) is 11.6 Å². The summed E-state index contributed by atoms with van der Waals surface area (Å²) in [6, 6.07) is 3.40. The molecule has 0 unspecified atom stereocenters. The van der Waals surface area contributed by atoms with Crippen molar-refractivity contribution in [3.8, 4) is 0 Å². The Morgan fingerprint density at radius 3 is 2.61 bits per heavy atom. The minimum absolute atomic E-state index is 0.293. The molecule has 2 heterocycles. The van der Waals surface area contributed by atoms with Crippen LogP contribution in [0.25, 0.3) is 0 Å². The molecule has 0 bridgehead atoms. The van der Waals surface area contributed by atoms with Gasteiger partial charge in [0.25, 0.3) is 0 Å². The second-order valence-electron chi connectivity index (χ2n) is 4.01. The zero-order valence-corrected chi connectivity index (χ0v) is 11.5. The van der Waals surface area contributed by atoms with Crippen molar-refractivity contribution in [1.82, 2.24) is 14.5 Å². The molecule has 4 nitrogen and oxygen atoms in total. The third-order valence-corrected chi connectivity index (χ3v) is 3.13. The van der Waals surface area contributed by atoms with E-state index in [1.165, 1.54) is 0 Å². The minimum atomic E-state index is -0.293. The van der Waals surface area contributed by atoms with Gasteiger partial charge in [-0.3, -0.25) is 4.57 Å². The maximum absolute atomic E-state index is 11.8. The molecule has 0 aromatic carbocycles. The summed E-state index contributed by atoms with van der Waals surface area (Å²) >= 11 is 11.8. The summed E-state index contributed by atoms with van der Waals surface area (Å²) in [5.74, 6) is 0. The number of pyridine rings is 1. The molecule has 0 fully saturated rings. The fourth-order valence-electron chi connectivity index (χ4n) is 1.69. The maximum Gasteiger partial charge on any atom is 0.348 e. The van der Waals surface area contributed by atoms with Crippen molar-refractivity contribution in [2.75, 3.05) is 0 Å². The summed E-state index contributed by atoms with van der Waals surface area (Å²) in [5.41, 5.74) is 1.98. The van der Waals surface area contributed by atoms with E-state index in [9.17, 15) is 4.79 Å². The molecule has 0 saturated carbocycles. The van der Waals surface area contributed by atoms with Gasteiger partial charge in [0.2, 0.25) is 0 Å². The van der Waals surface area contributed by atoms with Crippen LogP contribution in [0.3, 0.4) is 0 Å². The Morgan fingerprint density at radius 1 is 1.28 bits per heavy atom. The Kier molecular flexibility index (Phi) is 3.68. The molecule has 0 saturated heterocycles. The molecule has 0 aliphatic rings. The van der Waals surface area contributed by atoms with E-state index in [2.05, 4.69) is 9.97 Å². The predicted octanol–water partition coefficient (Wildman–Crippen LogP) is 2.61. The SMILES string of the molecule is Cc1cc(C)n(Cc2cnc(Cl)cc2Cl)c(=O)n1. The summed E-state index contributed by atoms with van der Waals surface area (Å²) in [6.07, 6.45) is 1.57. The first kappa shape index (κ1) is 13.1. The number of nitrogens with zero attached hydrogens (tertiary/aromatic N) is 3. The lowest BCUT2D eigenvalue weighted by molar-refractivity contribution is 0.692. The van der Waals surface area contributed by atoms with E-state index >= 15 is 0 Å². The number of aryl methyl sites for hydroxylation is 2. The van der Waals surface area contributed by atoms with Crippen LogP contribution >= 0.6 is 23.2 Å². The standard InChI is InChI=1S/C12H11Cl2N3O/c1-7-3-8(2)17(12(18)16-7)6-9-5-15-11(14)4-10(9)13/h3-5H,6H2,1-2H3. The average Bonchev–Trinajstić information content (AvgIpc) is 2.25. The van der Waals surface area contributed by atoms with E-state index in [1.807, 2.05) is 13.0 Å². The zero-order chi connectivity index (χ0) is 13.3. The molecule has 0 radical (unpaired) electrons. The Morgan fingerprint density at radius 2 is 2.00 bits per heavy atom. The van der Waals surface area contributed by atoms with Gasteiger partial charge < -0.3 is 0 Å². The van der Waals surface area contributed by atoms with E-state index < -0.39 is 0 Å². The van der Waals surface area contributed by atoms with Crippen molar-refractivity contribution in [3.05, 3.63) is 55.9 Å². The first-order valence-electron chi connectivity index (χ1n) is 5.32. The van der Waals surface area contributed by atoms with Gasteiger partial charge in [-0.15, -0.1) is 0 Å². The van der Waals surface area contributed by atoms with Crippen molar-refractivity contribution in [1.29, 1.82) is 0 Å². The monoisotopic (exact) mass is 283 g/mol. The molecule has 0 N–H and O–H groups in total. The molecule has 0 spiro atoms. The van der Waals surface area contributed by atoms with Crippen LogP contribution in [0.15, 0.2) is 23.1 Å². The normalized spacial score (nSPS) is 10.7. The van der Waals surface area contributed by atoms with Crippen molar-refractivity contribution in [2.45, 2.75) is 20.4 Å². The van der Waals surface area contributed by atoms with Gasteiger partial charge in [-0.25, -0.2) is 9.78 Å². The lowest BCUT2D eigenvalue weighted by Crippen LogP contribution is -2.26. The van der Waals surface area contributed by atoms with Crippen molar-refractivity contribution in [3.63, 3.8) is 0 Å². The van der Waals surface area contributed by atoms with E-state index in [0.29, 0.717) is 22.4 Å². The summed E-state index contributed by atoms with van der Waals surface area (Å²) in [5, 5.41) is 0.816. The van der Waals surface area contributed by atoms with Gasteiger partial charge in [0.15, 0.2) is 0 Å². The van der Waals surface area contributed by atoms with Gasteiger partial charge in [-0.1, -0.05) is 23.2 Å². The second-order valence-corrected chi connectivity index (χ2v) is 4.80. The summed E-state index contributed by atoms with van der Waals surface area (Å²) < 4.78 is 1.55. The van der Waals surface area contributed by atoms with Crippen molar-refractivity contribution in [2.24, 2.45) is 0 Å². The van der Waals surface area contributed by atoms with Gasteiger partial charge >= 0.3 is 5.69 Å². The smallest absolute Gasteiger partial charge is 0.292 e. The topological polar surface area (TPSA) is 47.8 Å². The van der Waals surface area contributed by atoms with Crippen LogP contribution in [-0.2, 0) is 6.54 Å². The highest BCUT2D eigenvalue weighted by Gasteiger charge is 2.07. The molecule has 2 aromatic rings. The lowest BCUT2D eigenvalue weighted by atomic mass is 10.2. The first-order chi connectivity index (χ1) is 8.47. The van der Waals surface area contributed by atoms with Crippen molar-refractivity contribution >= 4 is 23.2 Å². The number of hydrogen-bond donors (Lipinski definition) is 0. The molecule has 2 aromatic heterocycles. The number of halogens is 2. The number of hydrogen-bond acceptors (Lipinski definition) is 3. The quantitative estimate of drug-likeness (QED) is 0.796. The molecule has 0 aliphatic carbocycles. The van der Waals surface area contributed by atoms with Crippen LogP contribution in [-0.4, -0.2) is 14.5 Å². The molecule has 6 heteroatoms. The van der Waals surface area contributed by atoms with Crippen LogP contribution in [0.2, 0.25) is 10.2 Å². The molecule has 0 amide bonds. The van der Waals surface area contributed by atoms with Crippen LogP contribution in [0, 0.1) is 13.8 Å².